The van der Waals surface area contributed by atoms with Crippen molar-refractivity contribution in [1.29, 1.82) is 0 Å². The molecule has 3 unspecified atom stereocenters. The Morgan fingerprint density at radius 2 is 1.94 bits per heavy atom. The number of nitrogens with zero attached hydrogens (tertiary/aromatic N) is 1. The standard InChI is InChI=1S/C28H41FN2O5/c1-6-26(4)12-20(36-25(35)30-24(34)18-14-31-10-8-17(18)13-31)27(5)15(2)7-9-28(16(3)23(26)33)11-19(29)21(32)22(27)28/h6,15-20,22-23,33H,1,7-14H2,2-5H3,(H,30,34,35)/t15-,16+,17-,18+,19?,20-,22?,23+,26-,27+,28+/m1/s1. The molecular weight excluding hydrogens is 463 g/mol. The van der Waals surface area contributed by atoms with Crippen molar-refractivity contribution in [3.05, 3.63) is 12.7 Å². The fourth-order valence-corrected chi connectivity index (χ4v) is 8.88. The summed E-state index contributed by atoms with van der Waals surface area (Å²) in [5, 5.41) is 14.0. The van der Waals surface area contributed by atoms with Crippen molar-refractivity contribution in [1.82, 2.24) is 10.2 Å². The number of hydrogen-bond donors (Lipinski definition) is 2. The maximum atomic E-state index is 15.2. The van der Waals surface area contributed by atoms with Crippen LogP contribution in [0.2, 0.25) is 0 Å². The van der Waals surface area contributed by atoms with Crippen LogP contribution in [-0.4, -0.2) is 65.8 Å². The molecule has 5 fully saturated rings. The van der Waals surface area contributed by atoms with Crippen molar-refractivity contribution in [2.24, 2.45) is 45.8 Å². The zero-order chi connectivity index (χ0) is 26.2. The number of alkyl carbamates (subject to hydrolysis) is 1. The van der Waals surface area contributed by atoms with E-state index in [-0.39, 0.29) is 42.4 Å². The molecule has 3 aliphatic carbocycles. The number of nitrogens with one attached hydrogen (secondary N) is 1. The molecule has 0 aromatic heterocycles. The van der Waals surface area contributed by atoms with Crippen LogP contribution in [0.5, 0.6) is 0 Å². The van der Waals surface area contributed by atoms with E-state index in [1.54, 1.807) is 6.08 Å². The highest BCUT2D eigenvalue weighted by atomic mass is 19.1. The number of amides is 2. The first-order valence-corrected chi connectivity index (χ1v) is 13.6. The van der Waals surface area contributed by atoms with Gasteiger partial charge in [-0.2, -0.15) is 0 Å². The van der Waals surface area contributed by atoms with Gasteiger partial charge in [0.05, 0.1) is 12.0 Å². The number of Topliss-reactive ketones (excluding diaryl/α,β-unsaturated/α-hetero) is 1. The predicted molar refractivity (Wildman–Crippen MR) is 131 cm³/mol. The van der Waals surface area contributed by atoms with Gasteiger partial charge in [-0.3, -0.25) is 14.9 Å². The number of halogens is 1. The maximum absolute atomic E-state index is 15.2. The summed E-state index contributed by atoms with van der Waals surface area (Å²) in [7, 11) is 0. The van der Waals surface area contributed by atoms with Gasteiger partial charge in [0.2, 0.25) is 5.91 Å². The van der Waals surface area contributed by atoms with Crippen LogP contribution in [0.1, 0.15) is 59.8 Å². The van der Waals surface area contributed by atoms with Gasteiger partial charge < -0.3 is 14.7 Å². The van der Waals surface area contributed by atoms with Crippen LogP contribution in [0.25, 0.3) is 0 Å². The van der Waals surface area contributed by atoms with Crippen LogP contribution in [0, 0.1) is 45.8 Å². The number of carbonyl (C=O) groups is 3. The molecule has 5 aliphatic rings. The third kappa shape index (κ3) is 3.53. The van der Waals surface area contributed by atoms with E-state index in [4.69, 9.17) is 4.74 Å². The minimum atomic E-state index is -1.59. The van der Waals surface area contributed by atoms with Crippen molar-refractivity contribution in [3.63, 3.8) is 0 Å². The largest absolute Gasteiger partial charge is 0.445 e. The Morgan fingerprint density at radius 3 is 2.56 bits per heavy atom. The number of aliphatic hydroxyl groups is 1. The number of aliphatic hydroxyl groups excluding tert-OH is 1. The molecule has 2 amide bonds. The Kier molecular flexibility index (Phi) is 6.18. The fraction of sp³-hybridized carbons (Fsp3) is 0.821. The summed E-state index contributed by atoms with van der Waals surface area (Å²) in [6, 6.07) is 0. The number of piperidine rings is 1. The highest BCUT2D eigenvalue weighted by Gasteiger charge is 2.70. The molecule has 0 radical (unpaired) electrons. The lowest BCUT2D eigenvalue weighted by Gasteiger charge is -2.61. The number of ketones is 1. The molecule has 3 saturated carbocycles. The van der Waals surface area contributed by atoms with Gasteiger partial charge in [-0.25, -0.2) is 9.18 Å². The summed E-state index contributed by atoms with van der Waals surface area (Å²) >= 11 is 0. The molecule has 0 spiro atoms. The maximum Gasteiger partial charge on any atom is 0.414 e. The first-order chi connectivity index (χ1) is 16.9. The van der Waals surface area contributed by atoms with Gasteiger partial charge in [-0.1, -0.05) is 33.8 Å². The molecule has 8 heteroatoms. The molecule has 200 valence electrons. The Hall–Kier alpha value is -1.80. The Labute approximate surface area is 213 Å². The summed E-state index contributed by atoms with van der Waals surface area (Å²) < 4.78 is 21.2. The molecule has 5 rings (SSSR count). The van der Waals surface area contributed by atoms with Gasteiger partial charge in [0.1, 0.15) is 6.10 Å². The molecule has 7 nitrogen and oxygen atoms in total. The first kappa shape index (κ1) is 25.8. The number of hydrogen-bond acceptors (Lipinski definition) is 6. The second kappa shape index (κ2) is 8.62. The van der Waals surface area contributed by atoms with Crippen molar-refractivity contribution in [2.75, 3.05) is 19.6 Å². The molecule has 2 saturated heterocycles. The SMILES string of the molecule is C=C[C@]1(C)C[C@@H](OC(=O)NC(=O)[C@H]2CN3CC[C@@H]2C3)[C@@]2(C)C3C(=O)C(F)C[C@@]3(CC[C@H]2C)[C@@H](C)[C@@H]1O. The van der Waals surface area contributed by atoms with E-state index in [9.17, 15) is 19.5 Å². The Morgan fingerprint density at radius 1 is 1.22 bits per heavy atom. The van der Waals surface area contributed by atoms with Crippen LogP contribution < -0.4 is 5.32 Å². The monoisotopic (exact) mass is 504 g/mol. The first-order valence-electron chi connectivity index (χ1n) is 13.6. The van der Waals surface area contributed by atoms with Crippen molar-refractivity contribution in [3.8, 4) is 0 Å². The van der Waals surface area contributed by atoms with E-state index in [2.05, 4.69) is 16.8 Å². The second-order valence-electron chi connectivity index (χ2n) is 13.0. The van der Waals surface area contributed by atoms with Crippen LogP contribution >= 0.6 is 0 Å². The number of fused-ring (bicyclic) bond motifs is 2. The van der Waals surface area contributed by atoms with Crippen molar-refractivity contribution < 1.29 is 28.6 Å². The van der Waals surface area contributed by atoms with Gasteiger partial charge >= 0.3 is 6.09 Å². The summed E-state index contributed by atoms with van der Waals surface area (Å²) in [4.78, 5) is 41.7. The van der Waals surface area contributed by atoms with Crippen LogP contribution in [0.4, 0.5) is 9.18 Å². The lowest BCUT2D eigenvalue weighted by molar-refractivity contribution is -0.191. The molecule has 12 atom stereocenters. The van der Waals surface area contributed by atoms with Gasteiger partial charge in [0.25, 0.3) is 0 Å². The summed E-state index contributed by atoms with van der Waals surface area (Å²) in [6.07, 6.45) is 0.257. The second-order valence-corrected chi connectivity index (χ2v) is 13.0. The minimum Gasteiger partial charge on any atom is -0.445 e. The van der Waals surface area contributed by atoms with Gasteiger partial charge in [-0.15, -0.1) is 6.58 Å². The van der Waals surface area contributed by atoms with Crippen molar-refractivity contribution in [2.45, 2.75) is 78.2 Å². The normalized spacial score (nSPS) is 51.7. The average molecular weight is 505 g/mol. The van der Waals surface area contributed by atoms with E-state index in [1.807, 2.05) is 27.7 Å². The predicted octanol–water partition coefficient (Wildman–Crippen LogP) is 3.50. The molecule has 2 N–H and O–H groups in total. The summed E-state index contributed by atoms with van der Waals surface area (Å²) in [5.74, 6) is -1.75. The average Bonchev–Trinajstić information content (AvgIpc) is 3.54. The Balaban J connectivity index is 1.48. The third-order valence-electron chi connectivity index (χ3n) is 11.4. The van der Waals surface area contributed by atoms with E-state index in [0.717, 1.165) is 25.9 Å². The van der Waals surface area contributed by atoms with Gasteiger partial charge in [-0.05, 0) is 61.8 Å². The molecule has 0 aromatic carbocycles. The third-order valence-corrected chi connectivity index (χ3v) is 11.4. The lowest BCUT2D eigenvalue weighted by atomic mass is 9.44. The Bertz CT molecular complexity index is 974. The van der Waals surface area contributed by atoms with Crippen LogP contribution in [0.15, 0.2) is 12.7 Å². The summed E-state index contributed by atoms with van der Waals surface area (Å²) in [5.41, 5.74) is -2.37. The van der Waals surface area contributed by atoms with Crippen molar-refractivity contribution >= 4 is 17.8 Å². The molecule has 2 heterocycles. The number of rotatable bonds is 3. The van der Waals surface area contributed by atoms with Gasteiger partial charge in [0.15, 0.2) is 12.0 Å². The number of ether oxygens (including phenoxy) is 1. The number of imide groups is 1. The fourth-order valence-electron chi connectivity index (χ4n) is 8.88. The van der Waals surface area contributed by atoms with E-state index >= 15 is 4.39 Å². The number of alkyl halides is 1. The molecular formula is C28H41FN2O5. The summed E-state index contributed by atoms with van der Waals surface area (Å²) in [6.45, 7) is 14.3. The molecule has 2 aliphatic heterocycles. The highest BCUT2D eigenvalue weighted by molar-refractivity contribution is 5.94. The van der Waals surface area contributed by atoms with Crippen LogP contribution in [0.3, 0.4) is 0 Å². The zero-order valence-corrected chi connectivity index (χ0v) is 22.0. The topological polar surface area (TPSA) is 95.9 Å². The van der Waals surface area contributed by atoms with Crippen LogP contribution in [-0.2, 0) is 14.3 Å². The van der Waals surface area contributed by atoms with E-state index in [0.29, 0.717) is 13.0 Å². The molecule has 4 bridgehead atoms. The van der Waals surface area contributed by atoms with Gasteiger partial charge in [0, 0.05) is 29.8 Å². The molecule has 36 heavy (non-hydrogen) atoms. The minimum absolute atomic E-state index is 0.0201. The zero-order valence-electron chi connectivity index (χ0n) is 22.0. The number of carbonyl (C=O) groups excluding carboxylic acids is 3. The van der Waals surface area contributed by atoms with E-state index < -0.39 is 52.4 Å². The highest BCUT2D eigenvalue weighted by Crippen LogP contribution is 2.68. The lowest BCUT2D eigenvalue weighted by Crippen LogP contribution is -2.63. The smallest absolute Gasteiger partial charge is 0.414 e. The van der Waals surface area contributed by atoms with E-state index in [1.165, 1.54) is 0 Å². The quantitative estimate of drug-likeness (QED) is 0.571. The molecule has 0 aromatic rings.